The summed E-state index contributed by atoms with van der Waals surface area (Å²) in [6, 6.07) is 5.08. The van der Waals surface area contributed by atoms with Crippen LogP contribution >= 0.6 is 0 Å². The molecule has 1 aromatic carbocycles. The number of hydrogen-bond acceptors (Lipinski definition) is 8. The number of ether oxygens (including phenoxy) is 2. The third-order valence-electron chi connectivity index (χ3n) is 6.11. The highest BCUT2D eigenvalue weighted by Gasteiger charge is 2.31. The largest absolute Gasteiger partial charge is 0.573 e. The van der Waals surface area contributed by atoms with Crippen molar-refractivity contribution in [3.05, 3.63) is 72.2 Å². The van der Waals surface area contributed by atoms with Crippen LogP contribution in [-0.4, -0.2) is 73.0 Å². The van der Waals surface area contributed by atoms with Crippen LogP contribution in [0.5, 0.6) is 5.75 Å². The maximum atomic E-state index is 11.6. The van der Waals surface area contributed by atoms with Gasteiger partial charge >= 0.3 is 6.36 Å². The molecule has 0 aromatic heterocycles. The smallest absolute Gasteiger partial charge is 0.468 e. The number of carbonyl (C=O) groups is 1. The van der Waals surface area contributed by atoms with E-state index in [-0.39, 0.29) is 27.3 Å². The van der Waals surface area contributed by atoms with Crippen molar-refractivity contribution < 1.29 is 35.5 Å². The van der Waals surface area contributed by atoms with Gasteiger partial charge in [0.15, 0.2) is 5.88 Å². The molecule has 4 N–H and O–H groups in total. The van der Waals surface area contributed by atoms with Crippen LogP contribution in [0.2, 0.25) is 0 Å². The van der Waals surface area contributed by atoms with E-state index in [2.05, 4.69) is 65.0 Å². The van der Waals surface area contributed by atoms with Crippen LogP contribution in [-0.2, 0) is 9.53 Å². The van der Waals surface area contributed by atoms with E-state index >= 15 is 0 Å². The highest BCUT2D eigenvalue weighted by atomic mass is 19.4. The van der Waals surface area contributed by atoms with Gasteiger partial charge in [-0.1, -0.05) is 31.7 Å². The molecule has 2 aliphatic heterocycles. The van der Waals surface area contributed by atoms with Gasteiger partial charge in [-0.25, -0.2) is 0 Å². The Balaban J connectivity index is 0. The number of anilines is 1. The SMILES string of the molecule is C.C=O.CN1CC(CN2CCC(N)CC2)=CC=C1OC1(C)C=CC=CC1.ONc1ccc(OC(F)(F)F)cc1.[HH].[HH]. The van der Waals surface area contributed by atoms with Gasteiger partial charge < -0.3 is 24.9 Å². The van der Waals surface area contributed by atoms with Crippen molar-refractivity contribution >= 4 is 12.5 Å². The summed E-state index contributed by atoms with van der Waals surface area (Å²) in [5, 5.41) is 8.35. The molecule has 1 unspecified atom stereocenters. The predicted molar refractivity (Wildman–Crippen MR) is 151 cm³/mol. The van der Waals surface area contributed by atoms with E-state index in [1.807, 2.05) is 6.79 Å². The Morgan fingerprint density at radius 3 is 2.33 bits per heavy atom. The number of nitrogens with two attached hydrogens (primary N) is 1. The number of rotatable bonds is 6. The van der Waals surface area contributed by atoms with Crippen molar-refractivity contribution in [3.63, 3.8) is 0 Å². The number of likely N-dealkylation sites (tertiary alicyclic amines) is 1. The van der Waals surface area contributed by atoms with Crippen LogP contribution in [0.25, 0.3) is 0 Å². The van der Waals surface area contributed by atoms with E-state index in [0.717, 1.165) is 63.5 Å². The van der Waals surface area contributed by atoms with Crippen LogP contribution in [0, 0.1) is 0 Å². The van der Waals surface area contributed by atoms with Crippen LogP contribution < -0.4 is 16.0 Å². The fraction of sp³-hybridized carbons (Fsp3) is 0.464. The minimum absolute atomic E-state index is 0. The molecule has 1 aliphatic carbocycles. The summed E-state index contributed by atoms with van der Waals surface area (Å²) in [5.41, 5.74) is 9.26. The molecule has 1 atom stereocenters. The zero-order chi connectivity index (χ0) is 28.2. The van der Waals surface area contributed by atoms with E-state index in [1.54, 1.807) is 5.48 Å². The molecule has 8 nitrogen and oxygen atoms in total. The topological polar surface area (TPSA) is 100 Å². The number of piperidine rings is 1. The molecule has 4 rings (SSSR count). The van der Waals surface area contributed by atoms with Gasteiger partial charge in [-0.15, -0.1) is 13.2 Å². The fourth-order valence-corrected chi connectivity index (χ4v) is 4.12. The van der Waals surface area contributed by atoms with E-state index < -0.39 is 6.36 Å². The summed E-state index contributed by atoms with van der Waals surface area (Å²) in [4.78, 5) is 12.7. The predicted octanol–water partition coefficient (Wildman–Crippen LogP) is 5.74. The van der Waals surface area contributed by atoms with Crippen molar-refractivity contribution in [3.8, 4) is 5.75 Å². The highest BCUT2D eigenvalue weighted by molar-refractivity contribution is 5.44. The molecule has 1 aromatic rings. The summed E-state index contributed by atoms with van der Waals surface area (Å²) in [5.74, 6) is 0.628. The number of hydrogen-bond donors (Lipinski definition) is 3. The maximum absolute atomic E-state index is 11.6. The molecular weight excluding hydrogens is 513 g/mol. The Bertz CT molecular complexity index is 999. The molecule has 1 saturated heterocycles. The van der Waals surface area contributed by atoms with Crippen LogP contribution in [0.3, 0.4) is 0 Å². The lowest BCUT2D eigenvalue weighted by Crippen LogP contribution is -2.42. The Labute approximate surface area is 232 Å². The van der Waals surface area contributed by atoms with E-state index in [1.165, 1.54) is 17.7 Å². The first-order valence-corrected chi connectivity index (χ1v) is 12.2. The zero-order valence-corrected chi connectivity index (χ0v) is 21.8. The quantitative estimate of drug-likeness (QED) is 0.380. The van der Waals surface area contributed by atoms with Gasteiger partial charge in [-0.2, -0.15) is 0 Å². The van der Waals surface area contributed by atoms with Gasteiger partial charge in [0.2, 0.25) is 0 Å². The molecule has 39 heavy (non-hydrogen) atoms. The van der Waals surface area contributed by atoms with Gasteiger partial charge in [0.05, 0.1) is 5.69 Å². The molecule has 0 bridgehead atoms. The van der Waals surface area contributed by atoms with E-state index in [4.69, 9.17) is 20.5 Å². The second kappa shape index (κ2) is 16.0. The summed E-state index contributed by atoms with van der Waals surface area (Å²) in [7, 11) is 2.11. The monoisotopic (exact) mass is 558 g/mol. The van der Waals surface area contributed by atoms with E-state index in [9.17, 15) is 13.2 Å². The lowest BCUT2D eigenvalue weighted by molar-refractivity contribution is -0.274. The summed E-state index contributed by atoms with van der Waals surface area (Å²) in [6.45, 7) is 8.34. The minimum Gasteiger partial charge on any atom is -0.468 e. The van der Waals surface area contributed by atoms with Gasteiger partial charge in [0.1, 0.15) is 18.1 Å². The van der Waals surface area contributed by atoms with Crippen molar-refractivity contribution in [2.45, 2.75) is 51.6 Å². The first kappa shape index (κ1) is 33.7. The van der Waals surface area contributed by atoms with E-state index in [0.29, 0.717) is 6.04 Å². The number of carbonyl (C=O) groups excluding carboxylic acids is 1. The first-order valence-electron chi connectivity index (χ1n) is 12.2. The summed E-state index contributed by atoms with van der Waals surface area (Å²) < 4.78 is 44.8. The number of allylic oxidation sites excluding steroid dienone is 4. The van der Waals surface area contributed by atoms with Gasteiger partial charge in [-0.3, -0.25) is 15.6 Å². The average molecular weight is 559 g/mol. The summed E-state index contributed by atoms with van der Waals surface area (Å²) in [6.07, 6.45) is 11.2. The lowest BCUT2D eigenvalue weighted by atomic mass is 9.97. The molecule has 2 heterocycles. The number of nitrogens with zero attached hydrogens (tertiary/aromatic N) is 2. The highest BCUT2D eigenvalue weighted by Crippen LogP contribution is 2.28. The van der Waals surface area contributed by atoms with Crippen LogP contribution in [0.15, 0.2) is 72.2 Å². The number of alkyl halides is 3. The molecule has 0 spiro atoms. The standard InChI is InChI=1S/C19H29N3O.C7H6F3NO2.CH2O.CH4.2H2/c1-19(10-4-3-5-11-19)23-18-7-6-16(14-21(18)2)15-22-12-8-17(20)9-13-22;8-7(9,10)13-6-3-1-5(11-12)2-4-6;1-2;;;/h3-7,10,17H,8-9,11-15,20H2,1-2H3;1-4,11-12H;1H2;1H4;2*1H. The molecule has 0 amide bonds. The minimum atomic E-state index is -4.69. The second-order valence-electron chi connectivity index (χ2n) is 9.39. The molecule has 11 heteroatoms. The zero-order valence-electron chi connectivity index (χ0n) is 21.8. The third-order valence-corrected chi connectivity index (χ3v) is 6.11. The molecule has 3 aliphatic rings. The number of nitrogens with one attached hydrogen (secondary N) is 1. The van der Waals surface area contributed by atoms with Crippen molar-refractivity contribution in [2.75, 3.05) is 38.7 Å². The van der Waals surface area contributed by atoms with Crippen molar-refractivity contribution in [1.82, 2.24) is 9.80 Å². The number of benzene rings is 1. The first-order chi connectivity index (χ1) is 18.0. The molecule has 1 fully saturated rings. The second-order valence-corrected chi connectivity index (χ2v) is 9.39. The maximum Gasteiger partial charge on any atom is 0.573 e. The van der Waals surface area contributed by atoms with Crippen LogP contribution in [0.1, 0.15) is 36.5 Å². The fourth-order valence-electron chi connectivity index (χ4n) is 4.12. The van der Waals surface area contributed by atoms with Crippen LogP contribution in [0.4, 0.5) is 18.9 Å². The van der Waals surface area contributed by atoms with Gasteiger partial charge in [0, 0.05) is 35.5 Å². The number of halogens is 3. The Morgan fingerprint density at radius 1 is 1.18 bits per heavy atom. The van der Waals surface area contributed by atoms with Gasteiger partial charge in [0.25, 0.3) is 0 Å². The molecular formula is C28H45F3N4O4. The van der Waals surface area contributed by atoms with Crippen molar-refractivity contribution in [2.24, 2.45) is 5.73 Å². The Kier molecular flexibility index (Phi) is 13.8. The number of likely N-dealkylation sites (N-methyl/N-ethyl adjacent to an activating group) is 1. The molecule has 0 radical (unpaired) electrons. The molecule has 0 saturated carbocycles. The third kappa shape index (κ3) is 12.0. The average Bonchev–Trinajstić information content (AvgIpc) is 2.89. The summed E-state index contributed by atoms with van der Waals surface area (Å²) >= 11 is 0. The Morgan fingerprint density at radius 2 is 1.82 bits per heavy atom. The lowest BCUT2D eigenvalue weighted by Gasteiger charge is -2.36. The molecule has 222 valence electrons. The van der Waals surface area contributed by atoms with Gasteiger partial charge in [-0.05, 0) is 74.8 Å². The van der Waals surface area contributed by atoms with Crippen molar-refractivity contribution in [1.29, 1.82) is 0 Å². The normalized spacial score (nSPS) is 21.2. The Hall–Kier alpha value is -3.28.